The van der Waals surface area contributed by atoms with E-state index in [1.165, 1.54) is 11.8 Å². The van der Waals surface area contributed by atoms with E-state index in [2.05, 4.69) is 16.0 Å². The standard InChI is InChI=1S/C24H40N6O9/c1-12(2)11-16(21(35)28-15(24(38)39)7-8-18(26)31)29-22(36)17-5-4-10-30(17)23(37)13(3)27-20(34)14(25)6-9-19(32)33/h12-17H,4-11,25H2,1-3H3,(H2,26,31)(H,27,34)(H,28,35)(H,29,36)(H,32,33)(H,38,39)/t13-,14-,15-,16-,17-/m0/s1. The number of carbonyl (C=O) groups excluding carboxylic acids is 5. The van der Waals surface area contributed by atoms with E-state index in [1.807, 2.05) is 13.8 Å². The molecule has 0 saturated carbocycles. The van der Waals surface area contributed by atoms with Gasteiger partial charge in [0.05, 0.1) is 6.04 Å². The van der Waals surface area contributed by atoms with Gasteiger partial charge < -0.3 is 42.5 Å². The molecule has 220 valence electrons. The molecule has 39 heavy (non-hydrogen) atoms. The largest absolute Gasteiger partial charge is 0.481 e. The lowest BCUT2D eigenvalue weighted by Gasteiger charge is -2.29. The summed E-state index contributed by atoms with van der Waals surface area (Å²) in [7, 11) is 0. The number of nitrogens with two attached hydrogens (primary N) is 2. The fourth-order valence-corrected chi connectivity index (χ4v) is 4.13. The molecule has 1 rings (SSSR count). The zero-order valence-corrected chi connectivity index (χ0v) is 22.5. The summed E-state index contributed by atoms with van der Waals surface area (Å²) in [6.07, 6.45) is 0.0991. The molecular weight excluding hydrogens is 516 g/mol. The zero-order chi connectivity index (χ0) is 29.9. The van der Waals surface area contributed by atoms with Crippen LogP contribution in [0.2, 0.25) is 0 Å². The molecule has 0 aromatic rings. The van der Waals surface area contributed by atoms with Gasteiger partial charge in [0, 0.05) is 19.4 Å². The van der Waals surface area contributed by atoms with Gasteiger partial charge in [-0.3, -0.25) is 28.8 Å². The molecule has 1 aliphatic heterocycles. The maximum atomic E-state index is 13.2. The van der Waals surface area contributed by atoms with Gasteiger partial charge in [-0.1, -0.05) is 13.8 Å². The fourth-order valence-electron chi connectivity index (χ4n) is 4.13. The van der Waals surface area contributed by atoms with Crippen LogP contribution >= 0.6 is 0 Å². The van der Waals surface area contributed by atoms with E-state index < -0.39 is 71.7 Å². The first-order valence-electron chi connectivity index (χ1n) is 12.8. The molecule has 1 aliphatic rings. The molecule has 0 bridgehead atoms. The third kappa shape index (κ3) is 11.3. The average molecular weight is 557 g/mol. The second-order valence-corrected chi connectivity index (χ2v) is 10.1. The first-order chi connectivity index (χ1) is 18.1. The number of nitrogens with one attached hydrogen (secondary N) is 3. The van der Waals surface area contributed by atoms with Crippen molar-refractivity contribution in [2.24, 2.45) is 17.4 Å². The van der Waals surface area contributed by atoms with Crippen LogP contribution in [0.4, 0.5) is 0 Å². The van der Waals surface area contributed by atoms with Crippen molar-refractivity contribution in [2.75, 3.05) is 6.54 Å². The third-order valence-corrected chi connectivity index (χ3v) is 6.21. The molecule has 1 heterocycles. The molecule has 1 saturated heterocycles. The molecule has 0 spiro atoms. The van der Waals surface area contributed by atoms with Crippen LogP contribution in [0, 0.1) is 5.92 Å². The van der Waals surface area contributed by atoms with Crippen molar-refractivity contribution in [3.05, 3.63) is 0 Å². The number of hydrogen-bond acceptors (Lipinski definition) is 8. The molecule has 0 aromatic heterocycles. The average Bonchev–Trinajstić information content (AvgIpc) is 3.33. The van der Waals surface area contributed by atoms with Crippen LogP contribution in [0.5, 0.6) is 0 Å². The molecule has 0 unspecified atom stereocenters. The lowest BCUT2D eigenvalue weighted by Crippen LogP contribution is -2.57. The molecular formula is C24H40N6O9. The zero-order valence-electron chi connectivity index (χ0n) is 22.5. The Labute approximate surface area is 226 Å². The number of rotatable bonds is 16. The number of likely N-dealkylation sites (tertiary alicyclic amines) is 1. The fraction of sp³-hybridized carbons (Fsp3) is 0.708. The number of carbonyl (C=O) groups is 7. The van der Waals surface area contributed by atoms with Crippen molar-refractivity contribution in [1.82, 2.24) is 20.9 Å². The van der Waals surface area contributed by atoms with Gasteiger partial charge >= 0.3 is 11.9 Å². The van der Waals surface area contributed by atoms with Crippen molar-refractivity contribution in [3.63, 3.8) is 0 Å². The van der Waals surface area contributed by atoms with E-state index in [1.54, 1.807) is 0 Å². The summed E-state index contributed by atoms with van der Waals surface area (Å²) >= 11 is 0. The Morgan fingerprint density at radius 3 is 2.08 bits per heavy atom. The van der Waals surface area contributed by atoms with E-state index in [0.29, 0.717) is 12.8 Å². The Kier molecular flexibility index (Phi) is 13.3. The summed E-state index contributed by atoms with van der Waals surface area (Å²) in [6.45, 7) is 5.28. The molecule has 1 fully saturated rings. The third-order valence-electron chi connectivity index (χ3n) is 6.21. The number of nitrogens with zero attached hydrogens (tertiary/aromatic N) is 1. The molecule has 0 aromatic carbocycles. The lowest BCUT2D eigenvalue weighted by atomic mass is 10.0. The Morgan fingerprint density at radius 1 is 0.897 bits per heavy atom. The van der Waals surface area contributed by atoms with Crippen LogP contribution in [0.3, 0.4) is 0 Å². The minimum Gasteiger partial charge on any atom is -0.481 e. The van der Waals surface area contributed by atoms with E-state index in [-0.39, 0.29) is 44.6 Å². The minimum absolute atomic E-state index is 0.0585. The van der Waals surface area contributed by atoms with Gasteiger partial charge in [0.15, 0.2) is 0 Å². The van der Waals surface area contributed by atoms with Crippen molar-refractivity contribution in [2.45, 2.75) is 95.9 Å². The highest BCUT2D eigenvalue weighted by molar-refractivity contribution is 5.95. The lowest BCUT2D eigenvalue weighted by molar-refractivity contribution is -0.143. The van der Waals surface area contributed by atoms with Crippen LogP contribution in [-0.2, 0) is 33.6 Å². The van der Waals surface area contributed by atoms with E-state index >= 15 is 0 Å². The van der Waals surface area contributed by atoms with Crippen LogP contribution in [-0.4, -0.2) is 93.3 Å². The van der Waals surface area contributed by atoms with Gasteiger partial charge in [-0.2, -0.15) is 0 Å². The quantitative estimate of drug-likeness (QED) is 0.110. The Balaban J connectivity index is 2.89. The normalized spacial score (nSPS) is 18.0. The van der Waals surface area contributed by atoms with Gasteiger partial charge in [-0.25, -0.2) is 4.79 Å². The van der Waals surface area contributed by atoms with Gasteiger partial charge in [0.2, 0.25) is 29.5 Å². The van der Waals surface area contributed by atoms with Crippen molar-refractivity contribution < 1.29 is 43.8 Å². The topological polar surface area (TPSA) is 251 Å². The summed E-state index contributed by atoms with van der Waals surface area (Å²) in [5, 5.41) is 25.5. The predicted octanol–water partition coefficient (Wildman–Crippen LogP) is -1.96. The maximum absolute atomic E-state index is 13.2. The summed E-state index contributed by atoms with van der Waals surface area (Å²) in [5.74, 6) is -5.85. The monoisotopic (exact) mass is 556 g/mol. The van der Waals surface area contributed by atoms with E-state index in [9.17, 15) is 38.7 Å². The van der Waals surface area contributed by atoms with Crippen molar-refractivity contribution in [3.8, 4) is 0 Å². The van der Waals surface area contributed by atoms with Crippen LogP contribution in [0.25, 0.3) is 0 Å². The Hall–Kier alpha value is -3.75. The highest BCUT2D eigenvalue weighted by Crippen LogP contribution is 2.19. The molecule has 0 aliphatic carbocycles. The van der Waals surface area contributed by atoms with Crippen molar-refractivity contribution >= 4 is 41.5 Å². The highest BCUT2D eigenvalue weighted by Gasteiger charge is 2.38. The number of carboxylic acid groups (broad SMARTS) is 2. The number of hydrogen-bond donors (Lipinski definition) is 7. The number of primary amides is 1. The maximum Gasteiger partial charge on any atom is 0.326 e. The Bertz CT molecular complexity index is 941. The highest BCUT2D eigenvalue weighted by atomic mass is 16.4. The van der Waals surface area contributed by atoms with Gasteiger partial charge in [0.1, 0.15) is 24.2 Å². The second-order valence-electron chi connectivity index (χ2n) is 10.1. The summed E-state index contributed by atoms with van der Waals surface area (Å²) in [6, 6.07) is -5.58. The summed E-state index contributed by atoms with van der Waals surface area (Å²) in [5.41, 5.74) is 10.8. The molecule has 5 amide bonds. The SMILES string of the molecule is CC(C)C[C@H](NC(=O)[C@@H]1CCCN1C(=O)[C@H](C)NC(=O)[C@@H](N)CCC(=O)O)C(=O)N[C@@H](CCC(N)=O)C(=O)O. The van der Waals surface area contributed by atoms with Gasteiger partial charge in [-0.15, -0.1) is 0 Å². The first kappa shape index (κ1) is 33.3. The van der Waals surface area contributed by atoms with Crippen LogP contribution in [0.15, 0.2) is 0 Å². The number of carboxylic acids is 2. The smallest absolute Gasteiger partial charge is 0.326 e. The molecule has 15 heteroatoms. The first-order valence-corrected chi connectivity index (χ1v) is 12.8. The van der Waals surface area contributed by atoms with E-state index in [4.69, 9.17) is 16.6 Å². The Morgan fingerprint density at radius 2 is 1.54 bits per heavy atom. The van der Waals surface area contributed by atoms with Crippen LogP contribution in [0.1, 0.15) is 65.7 Å². The predicted molar refractivity (Wildman–Crippen MR) is 137 cm³/mol. The van der Waals surface area contributed by atoms with Crippen molar-refractivity contribution in [1.29, 1.82) is 0 Å². The second kappa shape index (κ2) is 15.6. The summed E-state index contributed by atoms with van der Waals surface area (Å²) < 4.78 is 0. The number of amides is 5. The van der Waals surface area contributed by atoms with Gasteiger partial charge in [0.25, 0.3) is 0 Å². The number of aliphatic carboxylic acids is 2. The van der Waals surface area contributed by atoms with E-state index in [0.717, 1.165) is 0 Å². The van der Waals surface area contributed by atoms with Gasteiger partial charge in [-0.05, 0) is 44.9 Å². The molecule has 0 radical (unpaired) electrons. The summed E-state index contributed by atoms with van der Waals surface area (Å²) in [4.78, 5) is 85.9. The van der Waals surface area contributed by atoms with Crippen LogP contribution < -0.4 is 27.4 Å². The molecule has 9 N–H and O–H groups in total. The minimum atomic E-state index is -1.38. The molecule has 15 nitrogen and oxygen atoms in total. The molecule has 5 atom stereocenters.